The fourth-order valence-electron chi connectivity index (χ4n) is 1.96. The van der Waals surface area contributed by atoms with Crippen LogP contribution in [-0.2, 0) is 0 Å². The molecule has 3 aromatic rings. The number of rotatable bonds is 1. The molecular weight excluding hydrogens is 284 g/mol. The number of furan rings is 1. The molecule has 0 radical (unpaired) electrons. The number of imidazole rings is 1. The largest absolute Gasteiger partial charge is 0.433 e. The van der Waals surface area contributed by atoms with E-state index in [1.807, 2.05) is 25.1 Å². The number of H-pyrrole nitrogens is 1. The molecule has 0 aliphatic heterocycles. The summed E-state index contributed by atoms with van der Waals surface area (Å²) in [7, 11) is 0. The van der Waals surface area contributed by atoms with Crippen LogP contribution >= 0.6 is 15.9 Å². The van der Waals surface area contributed by atoms with Crippen molar-refractivity contribution in [1.29, 1.82) is 0 Å². The number of para-hydroxylation sites is 1. The minimum Gasteiger partial charge on any atom is -0.433 e. The third kappa shape index (κ3) is 1.54. The van der Waals surface area contributed by atoms with Crippen LogP contribution in [0.4, 0.5) is 0 Å². The third-order valence-corrected chi connectivity index (χ3v) is 3.11. The fraction of sp³-hybridized carbons (Fsp3) is 0.0833. The summed E-state index contributed by atoms with van der Waals surface area (Å²) in [5.41, 5.74) is 2.48. The summed E-state index contributed by atoms with van der Waals surface area (Å²) >= 11 is 3.23. The van der Waals surface area contributed by atoms with E-state index in [1.165, 1.54) is 4.57 Å². The van der Waals surface area contributed by atoms with E-state index in [4.69, 9.17) is 4.42 Å². The number of aryl methyl sites for hydroxylation is 1. The van der Waals surface area contributed by atoms with Crippen LogP contribution in [0.25, 0.3) is 16.9 Å². The second kappa shape index (κ2) is 3.63. The highest BCUT2D eigenvalue weighted by atomic mass is 79.9. The number of fused-ring (bicyclic) bond motifs is 1. The van der Waals surface area contributed by atoms with Gasteiger partial charge in [0, 0.05) is 6.07 Å². The van der Waals surface area contributed by atoms with Crippen molar-refractivity contribution in [3.05, 3.63) is 51.0 Å². The van der Waals surface area contributed by atoms with Gasteiger partial charge in [0.2, 0.25) is 5.88 Å². The number of halogens is 1. The van der Waals surface area contributed by atoms with Crippen LogP contribution in [0.5, 0.6) is 0 Å². The standard InChI is InChI=1S/C12H9BrN2O2/c1-7-3-2-4-8-11(7)15(12(16)14-8)10-6-5-9(13)17-10/h2-6H,1H3,(H,14,16). The van der Waals surface area contributed by atoms with Crippen molar-refractivity contribution in [2.24, 2.45) is 0 Å². The van der Waals surface area contributed by atoms with Crippen LogP contribution in [0.15, 0.2) is 44.2 Å². The van der Waals surface area contributed by atoms with Crippen LogP contribution in [0.3, 0.4) is 0 Å². The Morgan fingerprint density at radius 2 is 2.12 bits per heavy atom. The van der Waals surface area contributed by atoms with E-state index >= 15 is 0 Å². The number of hydrogen-bond acceptors (Lipinski definition) is 2. The molecule has 0 bridgehead atoms. The van der Waals surface area contributed by atoms with Gasteiger partial charge in [0.25, 0.3) is 0 Å². The van der Waals surface area contributed by atoms with E-state index in [2.05, 4.69) is 20.9 Å². The first-order chi connectivity index (χ1) is 8.16. The summed E-state index contributed by atoms with van der Waals surface area (Å²) in [6.45, 7) is 1.96. The number of aromatic amines is 1. The molecule has 0 amide bonds. The first-order valence-corrected chi connectivity index (χ1v) is 5.92. The molecule has 1 aromatic carbocycles. The minimum atomic E-state index is -0.198. The number of aromatic nitrogens is 2. The lowest BCUT2D eigenvalue weighted by atomic mass is 10.2. The quantitative estimate of drug-likeness (QED) is 0.750. The second-order valence-corrected chi connectivity index (χ2v) is 4.60. The van der Waals surface area contributed by atoms with Gasteiger partial charge in [0.1, 0.15) is 0 Å². The van der Waals surface area contributed by atoms with Gasteiger partial charge in [-0.3, -0.25) is 0 Å². The van der Waals surface area contributed by atoms with E-state index in [0.29, 0.717) is 10.6 Å². The molecule has 3 rings (SSSR count). The van der Waals surface area contributed by atoms with Crippen molar-refractivity contribution >= 4 is 27.0 Å². The van der Waals surface area contributed by atoms with Gasteiger partial charge < -0.3 is 9.40 Å². The monoisotopic (exact) mass is 292 g/mol. The van der Waals surface area contributed by atoms with E-state index < -0.39 is 0 Å². The Bertz CT molecular complexity index is 751. The Morgan fingerprint density at radius 3 is 2.82 bits per heavy atom. The van der Waals surface area contributed by atoms with Gasteiger partial charge in [0.15, 0.2) is 4.67 Å². The van der Waals surface area contributed by atoms with Gasteiger partial charge in [-0.05, 0) is 40.5 Å². The van der Waals surface area contributed by atoms with Crippen molar-refractivity contribution < 1.29 is 4.42 Å². The Labute approximate surface area is 105 Å². The average molecular weight is 293 g/mol. The highest BCUT2D eigenvalue weighted by molar-refractivity contribution is 9.10. The summed E-state index contributed by atoms with van der Waals surface area (Å²) in [6.07, 6.45) is 0. The Hall–Kier alpha value is -1.75. The maximum Gasteiger partial charge on any atom is 0.333 e. The molecule has 0 fully saturated rings. The Kier molecular flexibility index (Phi) is 2.22. The molecule has 5 heteroatoms. The topological polar surface area (TPSA) is 50.9 Å². The van der Waals surface area contributed by atoms with Crippen LogP contribution in [0.1, 0.15) is 5.56 Å². The van der Waals surface area contributed by atoms with E-state index in [1.54, 1.807) is 12.1 Å². The zero-order chi connectivity index (χ0) is 12.0. The predicted octanol–water partition coefficient (Wildman–Crippen LogP) is 2.98. The van der Waals surface area contributed by atoms with E-state index in [-0.39, 0.29) is 5.69 Å². The van der Waals surface area contributed by atoms with Gasteiger partial charge in [-0.2, -0.15) is 0 Å². The lowest BCUT2D eigenvalue weighted by Gasteiger charge is -2.01. The molecule has 0 aliphatic rings. The van der Waals surface area contributed by atoms with Crippen LogP contribution in [0.2, 0.25) is 0 Å². The molecule has 0 unspecified atom stereocenters. The highest BCUT2D eigenvalue weighted by Gasteiger charge is 2.12. The van der Waals surface area contributed by atoms with Crippen molar-refractivity contribution in [1.82, 2.24) is 9.55 Å². The summed E-state index contributed by atoms with van der Waals surface area (Å²) in [5, 5.41) is 0. The van der Waals surface area contributed by atoms with Crippen LogP contribution in [0, 0.1) is 6.92 Å². The smallest absolute Gasteiger partial charge is 0.333 e. The van der Waals surface area contributed by atoms with E-state index in [9.17, 15) is 4.79 Å². The van der Waals surface area contributed by atoms with Crippen LogP contribution in [-0.4, -0.2) is 9.55 Å². The van der Waals surface area contributed by atoms with Crippen LogP contribution < -0.4 is 5.69 Å². The molecule has 0 saturated carbocycles. The van der Waals surface area contributed by atoms with Crippen molar-refractivity contribution in [2.75, 3.05) is 0 Å². The third-order valence-electron chi connectivity index (χ3n) is 2.69. The van der Waals surface area contributed by atoms with Gasteiger partial charge >= 0.3 is 5.69 Å². The lowest BCUT2D eigenvalue weighted by molar-refractivity contribution is 0.515. The maximum atomic E-state index is 11.9. The minimum absolute atomic E-state index is 0.198. The molecular formula is C12H9BrN2O2. The summed E-state index contributed by atoms with van der Waals surface area (Å²) in [4.78, 5) is 14.7. The zero-order valence-corrected chi connectivity index (χ0v) is 10.6. The summed E-state index contributed by atoms with van der Waals surface area (Å²) in [5.74, 6) is 0.502. The summed E-state index contributed by atoms with van der Waals surface area (Å²) < 4.78 is 7.57. The van der Waals surface area contributed by atoms with Gasteiger partial charge in [-0.25, -0.2) is 9.36 Å². The molecule has 17 heavy (non-hydrogen) atoms. The molecule has 86 valence electrons. The highest BCUT2D eigenvalue weighted by Crippen LogP contribution is 2.22. The number of nitrogens with one attached hydrogen (secondary N) is 1. The first kappa shape index (κ1) is 10.4. The molecule has 0 spiro atoms. The Balaban J connectivity index is 2.43. The fourth-order valence-corrected chi connectivity index (χ4v) is 2.26. The van der Waals surface area contributed by atoms with Gasteiger partial charge in [-0.1, -0.05) is 12.1 Å². The molecule has 2 aromatic heterocycles. The maximum absolute atomic E-state index is 11.9. The van der Waals surface area contributed by atoms with Crippen molar-refractivity contribution in [2.45, 2.75) is 6.92 Å². The lowest BCUT2D eigenvalue weighted by Crippen LogP contribution is -2.14. The average Bonchev–Trinajstić information content (AvgIpc) is 2.82. The first-order valence-electron chi connectivity index (χ1n) is 5.13. The van der Waals surface area contributed by atoms with E-state index in [0.717, 1.165) is 16.6 Å². The molecule has 2 heterocycles. The predicted molar refractivity (Wildman–Crippen MR) is 68.6 cm³/mol. The van der Waals surface area contributed by atoms with Crippen molar-refractivity contribution in [3.8, 4) is 5.88 Å². The van der Waals surface area contributed by atoms with Crippen molar-refractivity contribution in [3.63, 3.8) is 0 Å². The number of benzene rings is 1. The second-order valence-electron chi connectivity index (χ2n) is 3.81. The number of hydrogen-bond donors (Lipinski definition) is 1. The molecule has 1 N–H and O–H groups in total. The van der Waals surface area contributed by atoms with Gasteiger partial charge in [0.05, 0.1) is 11.0 Å². The molecule has 0 saturated heterocycles. The Morgan fingerprint density at radius 1 is 1.29 bits per heavy atom. The molecule has 0 aliphatic carbocycles. The SMILES string of the molecule is Cc1cccc2[nH]c(=O)n(-c3ccc(Br)o3)c12. The molecule has 0 atom stereocenters. The van der Waals surface area contributed by atoms with Gasteiger partial charge in [-0.15, -0.1) is 0 Å². The number of nitrogens with zero attached hydrogens (tertiary/aromatic N) is 1. The molecule has 4 nitrogen and oxygen atoms in total. The zero-order valence-electron chi connectivity index (χ0n) is 9.03. The summed E-state index contributed by atoms with van der Waals surface area (Å²) in [6, 6.07) is 9.27. The normalized spacial score (nSPS) is 11.2.